The quantitative estimate of drug-likeness (QED) is 0.627. The Morgan fingerprint density at radius 3 is 2.42 bits per heavy atom. The van der Waals surface area contributed by atoms with E-state index in [9.17, 15) is 9.90 Å². The summed E-state index contributed by atoms with van der Waals surface area (Å²) in [6.07, 6.45) is 0.898. The maximum atomic E-state index is 12.6. The molecule has 3 aromatic rings. The minimum absolute atomic E-state index is 0.00247. The first kappa shape index (κ1) is 15.7. The van der Waals surface area contributed by atoms with Gasteiger partial charge in [-0.1, -0.05) is 31.2 Å². The number of hydrogen-bond donors (Lipinski definition) is 3. The second-order valence-corrected chi connectivity index (χ2v) is 5.31. The molecule has 1 amide bonds. The Hall–Kier alpha value is -3.15. The van der Waals surface area contributed by atoms with Crippen LogP contribution in [0.2, 0.25) is 0 Å². The molecule has 0 saturated heterocycles. The van der Waals surface area contributed by atoms with E-state index >= 15 is 0 Å². The number of aromatic nitrogens is 2. The Morgan fingerprint density at radius 2 is 1.71 bits per heavy atom. The van der Waals surface area contributed by atoms with Gasteiger partial charge in [0, 0.05) is 6.54 Å². The monoisotopic (exact) mass is 322 g/mol. The first-order valence-electron chi connectivity index (χ1n) is 7.79. The van der Waals surface area contributed by atoms with Gasteiger partial charge in [-0.2, -0.15) is 0 Å². The predicted octanol–water partition coefficient (Wildman–Crippen LogP) is 3.41. The summed E-state index contributed by atoms with van der Waals surface area (Å²) in [6.45, 7) is 2.72. The van der Waals surface area contributed by atoms with E-state index in [0.29, 0.717) is 23.6 Å². The van der Waals surface area contributed by atoms with Crippen molar-refractivity contribution in [3.05, 3.63) is 54.2 Å². The molecule has 1 heterocycles. The van der Waals surface area contributed by atoms with Crippen LogP contribution in [0.5, 0.6) is 5.75 Å². The van der Waals surface area contributed by atoms with Crippen LogP contribution in [-0.2, 0) is 0 Å². The minimum atomic E-state index is -0.423. The van der Waals surface area contributed by atoms with Gasteiger partial charge in [0.15, 0.2) is 11.5 Å². The highest BCUT2D eigenvalue weighted by molar-refractivity contribution is 6.07. The summed E-state index contributed by atoms with van der Waals surface area (Å²) in [5, 5.41) is 15.6. The molecular weight excluding hydrogens is 304 g/mol. The summed E-state index contributed by atoms with van der Waals surface area (Å²) in [5.41, 5.74) is 1.89. The molecule has 24 heavy (non-hydrogen) atoms. The molecule has 6 heteroatoms. The molecule has 0 atom stereocenters. The van der Waals surface area contributed by atoms with E-state index in [4.69, 9.17) is 0 Å². The fourth-order valence-corrected chi connectivity index (χ4v) is 2.29. The van der Waals surface area contributed by atoms with Crippen LogP contribution < -0.4 is 10.6 Å². The minimum Gasteiger partial charge on any atom is -0.506 e. The second-order valence-electron chi connectivity index (χ2n) is 5.31. The van der Waals surface area contributed by atoms with E-state index in [1.54, 1.807) is 18.2 Å². The highest BCUT2D eigenvalue weighted by Gasteiger charge is 2.17. The number of rotatable bonds is 5. The average molecular weight is 322 g/mol. The van der Waals surface area contributed by atoms with Crippen LogP contribution in [0.15, 0.2) is 48.5 Å². The van der Waals surface area contributed by atoms with Crippen molar-refractivity contribution in [1.29, 1.82) is 0 Å². The second kappa shape index (κ2) is 6.95. The summed E-state index contributed by atoms with van der Waals surface area (Å²) in [7, 11) is 0. The standard InChI is InChI=1S/C18H18N4O2/c1-2-11-19-17-16(20-12-7-3-4-8-13(12)21-17)18(24)22-14-9-5-6-10-15(14)23/h3-10,23H,2,11H2,1H3,(H,19,21)(H,22,24). The lowest BCUT2D eigenvalue weighted by Crippen LogP contribution is -2.18. The summed E-state index contributed by atoms with van der Waals surface area (Å²) in [4.78, 5) is 21.6. The zero-order valence-electron chi connectivity index (χ0n) is 13.3. The van der Waals surface area contributed by atoms with Gasteiger partial charge < -0.3 is 15.7 Å². The molecule has 0 saturated carbocycles. The normalized spacial score (nSPS) is 10.5. The molecule has 0 aliphatic heterocycles. The van der Waals surface area contributed by atoms with E-state index in [1.165, 1.54) is 6.07 Å². The number of amides is 1. The Bertz CT molecular complexity index is 880. The zero-order valence-corrected chi connectivity index (χ0v) is 13.3. The molecule has 0 radical (unpaired) electrons. The van der Waals surface area contributed by atoms with Crippen LogP contribution in [0.25, 0.3) is 11.0 Å². The van der Waals surface area contributed by atoms with Gasteiger partial charge in [0.25, 0.3) is 5.91 Å². The summed E-state index contributed by atoms with van der Waals surface area (Å²) in [5.74, 6) is 0.0134. The fraction of sp³-hybridized carbons (Fsp3) is 0.167. The topological polar surface area (TPSA) is 87.1 Å². The number of nitrogens with one attached hydrogen (secondary N) is 2. The number of hydrogen-bond acceptors (Lipinski definition) is 5. The van der Waals surface area contributed by atoms with Crippen molar-refractivity contribution in [2.45, 2.75) is 13.3 Å². The van der Waals surface area contributed by atoms with Gasteiger partial charge in [-0.15, -0.1) is 0 Å². The van der Waals surface area contributed by atoms with Gasteiger partial charge in [-0.25, -0.2) is 9.97 Å². The van der Waals surface area contributed by atoms with Crippen molar-refractivity contribution in [3.63, 3.8) is 0 Å². The van der Waals surface area contributed by atoms with Crippen molar-refractivity contribution in [3.8, 4) is 5.75 Å². The van der Waals surface area contributed by atoms with Crippen molar-refractivity contribution in [2.24, 2.45) is 0 Å². The van der Waals surface area contributed by atoms with Crippen LogP contribution in [0.1, 0.15) is 23.8 Å². The zero-order chi connectivity index (χ0) is 16.9. The smallest absolute Gasteiger partial charge is 0.278 e. The van der Waals surface area contributed by atoms with Gasteiger partial charge in [0.05, 0.1) is 16.7 Å². The Morgan fingerprint density at radius 1 is 1.04 bits per heavy atom. The third-order valence-electron chi connectivity index (χ3n) is 3.48. The van der Waals surface area contributed by atoms with E-state index < -0.39 is 5.91 Å². The summed E-state index contributed by atoms with van der Waals surface area (Å²) in [6, 6.07) is 13.9. The third-order valence-corrected chi connectivity index (χ3v) is 3.48. The molecule has 0 spiro atoms. The number of carbonyl (C=O) groups is 1. The van der Waals surface area contributed by atoms with Gasteiger partial charge >= 0.3 is 0 Å². The van der Waals surface area contributed by atoms with Gasteiger partial charge in [0.1, 0.15) is 5.75 Å². The lowest BCUT2D eigenvalue weighted by Gasteiger charge is -2.12. The largest absolute Gasteiger partial charge is 0.506 e. The first-order valence-corrected chi connectivity index (χ1v) is 7.79. The molecular formula is C18H18N4O2. The molecule has 3 N–H and O–H groups in total. The van der Waals surface area contributed by atoms with Crippen LogP contribution in [0, 0.1) is 0 Å². The number of aromatic hydroxyl groups is 1. The predicted molar refractivity (Wildman–Crippen MR) is 94.4 cm³/mol. The van der Waals surface area contributed by atoms with Crippen LogP contribution >= 0.6 is 0 Å². The van der Waals surface area contributed by atoms with E-state index in [2.05, 4.69) is 20.6 Å². The molecule has 0 unspecified atom stereocenters. The molecule has 2 aromatic carbocycles. The lowest BCUT2D eigenvalue weighted by atomic mass is 10.2. The molecule has 122 valence electrons. The number of para-hydroxylation sites is 4. The maximum absolute atomic E-state index is 12.6. The SMILES string of the molecule is CCCNc1nc2ccccc2nc1C(=O)Nc1ccccc1O. The molecule has 0 aliphatic rings. The highest BCUT2D eigenvalue weighted by Crippen LogP contribution is 2.24. The van der Waals surface area contributed by atoms with Crippen molar-refractivity contribution in [1.82, 2.24) is 9.97 Å². The Kier molecular flexibility index (Phi) is 4.56. The molecule has 1 aromatic heterocycles. The van der Waals surface area contributed by atoms with Gasteiger partial charge in [0.2, 0.25) is 0 Å². The molecule has 6 nitrogen and oxygen atoms in total. The van der Waals surface area contributed by atoms with Crippen molar-refractivity contribution >= 4 is 28.4 Å². The number of carbonyl (C=O) groups excluding carboxylic acids is 1. The number of phenols is 1. The number of anilines is 2. The number of benzene rings is 2. The van der Waals surface area contributed by atoms with Crippen molar-refractivity contribution in [2.75, 3.05) is 17.2 Å². The van der Waals surface area contributed by atoms with Crippen LogP contribution in [0.3, 0.4) is 0 Å². The summed E-state index contributed by atoms with van der Waals surface area (Å²) < 4.78 is 0. The molecule has 0 aliphatic carbocycles. The molecule has 3 rings (SSSR count). The van der Waals surface area contributed by atoms with E-state index in [0.717, 1.165) is 11.9 Å². The number of nitrogens with zero attached hydrogens (tertiary/aromatic N) is 2. The van der Waals surface area contributed by atoms with Gasteiger partial charge in [-0.3, -0.25) is 4.79 Å². The van der Waals surface area contributed by atoms with E-state index in [-0.39, 0.29) is 11.4 Å². The highest BCUT2D eigenvalue weighted by atomic mass is 16.3. The molecule has 0 fully saturated rings. The average Bonchev–Trinajstić information content (AvgIpc) is 2.61. The first-order chi connectivity index (χ1) is 11.7. The number of fused-ring (bicyclic) bond motifs is 1. The third kappa shape index (κ3) is 3.27. The number of phenolic OH excluding ortho intramolecular Hbond substituents is 1. The van der Waals surface area contributed by atoms with Gasteiger partial charge in [-0.05, 0) is 30.7 Å². The molecule has 0 bridgehead atoms. The maximum Gasteiger partial charge on any atom is 0.278 e. The van der Waals surface area contributed by atoms with E-state index in [1.807, 2.05) is 31.2 Å². The van der Waals surface area contributed by atoms with Crippen molar-refractivity contribution < 1.29 is 9.90 Å². The van der Waals surface area contributed by atoms with Crippen LogP contribution in [0.4, 0.5) is 11.5 Å². The Balaban J connectivity index is 1.99. The Labute approximate surface area is 139 Å². The summed E-state index contributed by atoms with van der Waals surface area (Å²) >= 11 is 0. The van der Waals surface area contributed by atoms with Crippen LogP contribution in [-0.4, -0.2) is 27.5 Å². The fourth-order valence-electron chi connectivity index (χ4n) is 2.29. The lowest BCUT2D eigenvalue weighted by molar-refractivity contribution is 0.102.